The van der Waals surface area contributed by atoms with Crippen molar-refractivity contribution in [2.75, 3.05) is 39.3 Å². The van der Waals surface area contributed by atoms with E-state index in [2.05, 4.69) is 68.6 Å². The third kappa shape index (κ3) is 6.10. The number of carbonyl (C=O) groups excluding carboxylic acids is 1. The number of carbonyl (C=O) groups is 1. The molecule has 1 amide bonds. The van der Waals surface area contributed by atoms with E-state index < -0.39 is 0 Å². The van der Waals surface area contributed by atoms with Gasteiger partial charge >= 0.3 is 0 Å². The van der Waals surface area contributed by atoms with E-state index in [4.69, 9.17) is 0 Å². The Kier molecular flexibility index (Phi) is 8.21. The summed E-state index contributed by atoms with van der Waals surface area (Å²) in [5, 5.41) is 2.99. The fourth-order valence-corrected chi connectivity index (χ4v) is 5.51. The van der Waals surface area contributed by atoms with Crippen LogP contribution in [-0.4, -0.2) is 60.0 Å². The van der Waals surface area contributed by atoms with Crippen LogP contribution in [-0.2, 0) is 17.6 Å². The van der Waals surface area contributed by atoms with Gasteiger partial charge in [-0.05, 0) is 72.2 Å². The minimum Gasteiger partial charge on any atom is -0.353 e. The molecule has 1 fully saturated rings. The molecule has 0 spiro atoms. The summed E-state index contributed by atoms with van der Waals surface area (Å²) in [6.45, 7) is 6.17. The molecule has 5 nitrogen and oxygen atoms in total. The predicted molar refractivity (Wildman–Crippen MR) is 146 cm³/mol. The third-order valence-electron chi connectivity index (χ3n) is 7.45. The number of fused-ring (bicyclic) bond motifs is 2. The molecule has 5 heteroatoms. The second-order valence-electron chi connectivity index (χ2n) is 9.80. The summed E-state index contributed by atoms with van der Waals surface area (Å²) in [4.78, 5) is 21.4. The zero-order valence-electron chi connectivity index (χ0n) is 21.0. The Bertz CT molecular complexity index is 1120. The van der Waals surface area contributed by atoms with E-state index >= 15 is 0 Å². The summed E-state index contributed by atoms with van der Waals surface area (Å²) in [5.41, 5.74) is 6.91. The van der Waals surface area contributed by atoms with Crippen LogP contribution in [0.4, 0.5) is 0 Å². The van der Waals surface area contributed by atoms with Crippen LogP contribution in [0.25, 0.3) is 6.08 Å². The van der Waals surface area contributed by atoms with Crippen molar-refractivity contribution in [2.45, 2.75) is 31.7 Å². The van der Waals surface area contributed by atoms with Crippen molar-refractivity contribution in [1.29, 1.82) is 0 Å². The lowest BCUT2D eigenvalue weighted by molar-refractivity contribution is -0.116. The predicted octanol–water partition coefficient (Wildman–Crippen LogP) is 4.50. The summed E-state index contributed by atoms with van der Waals surface area (Å²) in [5.74, 6) is -0.0450. The van der Waals surface area contributed by atoms with Crippen LogP contribution in [0.1, 0.15) is 46.7 Å². The average Bonchev–Trinajstić information content (AvgIpc) is 3.10. The lowest BCUT2D eigenvalue weighted by Crippen LogP contribution is -2.48. The molecule has 0 saturated carbocycles. The second-order valence-corrected chi connectivity index (χ2v) is 9.80. The SMILES string of the molecule is O=C(/C=C/c1cccnc1)NCCCCN1CCN(C2c3ccccc3CCc3ccccc32)CC1. The molecular weight excluding hydrogens is 444 g/mol. The summed E-state index contributed by atoms with van der Waals surface area (Å²) in [7, 11) is 0. The standard InChI is InChI=1S/C31H36N4O/c36-30(16-13-25-8-7-17-32-24-25)33-18-5-6-19-34-20-22-35(23-21-34)31-28-11-3-1-9-26(28)14-15-27-10-2-4-12-29(27)31/h1-4,7-13,16-17,24,31H,5-6,14-15,18-23H2,(H,33,36)/b16-13+. The summed E-state index contributed by atoms with van der Waals surface area (Å²) >= 11 is 0. The maximum absolute atomic E-state index is 12.0. The maximum atomic E-state index is 12.0. The molecular formula is C31H36N4O. The molecule has 0 bridgehead atoms. The molecule has 2 heterocycles. The topological polar surface area (TPSA) is 48.5 Å². The zero-order chi connectivity index (χ0) is 24.6. The second kappa shape index (κ2) is 12.1. The summed E-state index contributed by atoms with van der Waals surface area (Å²) in [6, 6.07) is 22.2. The number of pyridine rings is 1. The van der Waals surface area contributed by atoms with Crippen molar-refractivity contribution in [3.8, 4) is 0 Å². The molecule has 3 aromatic rings. The van der Waals surface area contributed by atoms with Gasteiger partial charge in [-0.1, -0.05) is 54.6 Å². The highest BCUT2D eigenvalue weighted by molar-refractivity contribution is 5.91. The van der Waals surface area contributed by atoms with Crippen LogP contribution in [0.2, 0.25) is 0 Å². The van der Waals surface area contributed by atoms with Crippen LogP contribution >= 0.6 is 0 Å². The number of amides is 1. The van der Waals surface area contributed by atoms with Crippen LogP contribution < -0.4 is 5.32 Å². The Morgan fingerprint density at radius 3 is 2.25 bits per heavy atom. The van der Waals surface area contributed by atoms with Crippen LogP contribution in [0.5, 0.6) is 0 Å². The van der Waals surface area contributed by atoms with Crippen molar-refractivity contribution < 1.29 is 4.79 Å². The molecule has 1 aliphatic heterocycles. The number of aryl methyl sites for hydroxylation is 2. The first-order chi connectivity index (χ1) is 17.8. The Hall–Kier alpha value is -3.28. The van der Waals surface area contributed by atoms with E-state index in [1.165, 1.54) is 22.3 Å². The van der Waals surface area contributed by atoms with Gasteiger partial charge in [0.05, 0.1) is 6.04 Å². The molecule has 0 unspecified atom stereocenters. The minimum atomic E-state index is -0.0450. The molecule has 1 N–H and O–H groups in total. The van der Waals surface area contributed by atoms with Gasteiger partial charge < -0.3 is 10.2 Å². The highest BCUT2D eigenvalue weighted by Gasteiger charge is 2.30. The summed E-state index contributed by atoms with van der Waals surface area (Å²) in [6.07, 6.45) is 11.2. The number of aromatic nitrogens is 1. The fraction of sp³-hybridized carbons (Fsp3) is 0.355. The van der Waals surface area contributed by atoms with Gasteiger partial charge in [0.15, 0.2) is 0 Å². The third-order valence-corrected chi connectivity index (χ3v) is 7.45. The minimum absolute atomic E-state index is 0.0450. The number of hydrogen-bond donors (Lipinski definition) is 1. The average molecular weight is 481 g/mol. The molecule has 5 rings (SSSR count). The van der Waals surface area contributed by atoms with Gasteiger partial charge in [0.25, 0.3) is 0 Å². The molecule has 1 aliphatic carbocycles. The molecule has 186 valence electrons. The van der Waals surface area contributed by atoms with Gasteiger partial charge in [0, 0.05) is 51.2 Å². The number of hydrogen-bond acceptors (Lipinski definition) is 4. The highest BCUT2D eigenvalue weighted by atomic mass is 16.1. The Labute approximate surface area is 214 Å². The van der Waals surface area contributed by atoms with Gasteiger partial charge in [-0.15, -0.1) is 0 Å². The number of nitrogens with one attached hydrogen (secondary N) is 1. The monoisotopic (exact) mass is 480 g/mol. The Morgan fingerprint density at radius 2 is 1.58 bits per heavy atom. The summed E-state index contributed by atoms with van der Waals surface area (Å²) < 4.78 is 0. The lowest BCUT2D eigenvalue weighted by atomic mass is 9.92. The number of piperazine rings is 1. The number of benzene rings is 2. The van der Waals surface area contributed by atoms with Crippen molar-refractivity contribution in [1.82, 2.24) is 20.1 Å². The first-order valence-electron chi connectivity index (χ1n) is 13.3. The van der Waals surface area contributed by atoms with Gasteiger partial charge in [0.1, 0.15) is 0 Å². The molecule has 0 radical (unpaired) electrons. The molecule has 1 aromatic heterocycles. The molecule has 2 aromatic carbocycles. The maximum Gasteiger partial charge on any atom is 0.243 e. The number of nitrogens with zero attached hydrogens (tertiary/aromatic N) is 3. The van der Waals surface area contributed by atoms with E-state index in [1.54, 1.807) is 24.5 Å². The van der Waals surface area contributed by atoms with Crippen LogP contribution in [0.15, 0.2) is 79.1 Å². The van der Waals surface area contributed by atoms with E-state index in [0.29, 0.717) is 12.6 Å². The lowest BCUT2D eigenvalue weighted by Gasteiger charge is -2.40. The van der Waals surface area contributed by atoms with Gasteiger partial charge in [0.2, 0.25) is 5.91 Å². The van der Waals surface area contributed by atoms with E-state index in [-0.39, 0.29) is 5.91 Å². The van der Waals surface area contributed by atoms with Crippen LogP contribution in [0, 0.1) is 0 Å². The van der Waals surface area contributed by atoms with E-state index in [1.807, 2.05) is 12.1 Å². The number of rotatable bonds is 8. The highest BCUT2D eigenvalue weighted by Crippen LogP contribution is 2.37. The molecule has 0 atom stereocenters. The first-order valence-corrected chi connectivity index (χ1v) is 13.3. The van der Waals surface area contributed by atoms with E-state index in [0.717, 1.165) is 64.0 Å². The van der Waals surface area contributed by atoms with Crippen molar-refractivity contribution >= 4 is 12.0 Å². The van der Waals surface area contributed by atoms with Gasteiger partial charge in [-0.25, -0.2) is 0 Å². The van der Waals surface area contributed by atoms with Gasteiger partial charge in [-0.3, -0.25) is 14.7 Å². The first kappa shape index (κ1) is 24.4. The Balaban J connectivity index is 1.08. The number of unbranched alkanes of at least 4 members (excludes halogenated alkanes) is 1. The normalized spacial score (nSPS) is 16.9. The van der Waals surface area contributed by atoms with Gasteiger partial charge in [-0.2, -0.15) is 0 Å². The van der Waals surface area contributed by atoms with E-state index in [9.17, 15) is 4.79 Å². The van der Waals surface area contributed by atoms with Crippen molar-refractivity contribution in [3.05, 3.63) is 107 Å². The molecule has 2 aliphatic rings. The van der Waals surface area contributed by atoms with Crippen molar-refractivity contribution in [2.24, 2.45) is 0 Å². The van der Waals surface area contributed by atoms with Crippen molar-refractivity contribution in [3.63, 3.8) is 0 Å². The quantitative estimate of drug-likeness (QED) is 0.381. The molecule has 36 heavy (non-hydrogen) atoms. The smallest absolute Gasteiger partial charge is 0.243 e. The van der Waals surface area contributed by atoms with Crippen LogP contribution in [0.3, 0.4) is 0 Å². The Morgan fingerprint density at radius 1 is 0.889 bits per heavy atom. The molecule has 1 saturated heterocycles. The fourth-order valence-electron chi connectivity index (χ4n) is 5.51. The largest absolute Gasteiger partial charge is 0.353 e. The zero-order valence-corrected chi connectivity index (χ0v) is 21.0.